The smallest absolute Gasteiger partial charge is 0.115 e. The first-order chi connectivity index (χ1) is 4.77. The molecule has 0 aromatic heterocycles. The second-order valence-electron chi connectivity index (χ2n) is 2.96. The van der Waals surface area contributed by atoms with E-state index >= 15 is 0 Å². The van der Waals surface area contributed by atoms with E-state index < -0.39 is 12.6 Å². The summed E-state index contributed by atoms with van der Waals surface area (Å²) in [5.41, 5.74) is 0. The fraction of sp³-hybridized carbons (Fsp3) is 1.00. The minimum absolute atomic E-state index is 0.00116. The Bertz CT molecular complexity index is 142. The summed E-state index contributed by atoms with van der Waals surface area (Å²) in [6, 6.07) is 0.445. The fourth-order valence-corrected chi connectivity index (χ4v) is 1.75. The van der Waals surface area contributed by atoms with Crippen LogP contribution in [-0.2, 0) is 0 Å². The minimum atomic E-state index is -0.918. The third-order valence-electron chi connectivity index (χ3n) is 2.31. The molecule has 2 aliphatic rings. The van der Waals surface area contributed by atoms with Crippen LogP contribution in [0.2, 0.25) is 0 Å². The number of halogens is 1. The maximum Gasteiger partial charge on any atom is 0.115 e. The molecule has 0 unspecified atom stereocenters. The third kappa shape index (κ3) is 0.855. The summed E-state index contributed by atoms with van der Waals surface area (Å²) in [5, 5.41) is 3.18. The van der Waals surface area contributed by atoms with Crippen molar-refractivity contribution in [1.29, 1.82) is 0 Å². The summed E-state index contributed by atoms with van der Waals surface area (Å²) >= 11 is 0. The van der Waals surface area contributed by atoms with Crippen molar-refractivity contribution < 1.29 is 5.76 Å². The first-order valence-electron chi connectivity index (χ1n) is 4.17. The lowest BCUT2D eigenvalue weighted by Gasteiger charge is -2.23. The number of nitrogens with one attached hydrogen (secondary N) is 1. The highest BCUT2D eigenvalue weighted by Gasteiger charge is 2.34. The van der Waals surface area contributed by atoms with Crippen LogP contribution in [0.15, 0.2) is 0 Å². The zero-order valence-electron chi connectivity index (χ0n) is 6.31. The van der Waals surface area contributed by atoms with E-state index in [1.165, 1.54) is 0 Å². The van der Waals surface area contributed by atoms with E-state index in [1.807, 2.05) is 0 Å². The van der Waals surface area contributed by atoms with Crippen LogP contribution in [-0.4, -0.2) is 18.3 Å². The van der Waals surface area contributed by atoms with Gasteiger partial charge in [0, 0.05) is 13.5 Å². The van der Waals surface area contributed by atoms with E-state index in [0.717, 1.165) is 12.8 Å². The minimum Gasteiger partial charge on any atom is -0.308 e. The largest absolute Gasteiger partial charge is 0.308 e. The molecular formula is C7H12FN. The Hall–Kier alpha value is -0.110. The Morgan fingerprint density at radius 2 is 2.33 bits per heavy atom. The van der Waals surface area contributed by atoms with Gasteiger partial charge in [-0.2, -0.15) is 0 Å². The van der Waals surface area contributed by atoms with Crippen LogP contribution in [0.5, 0.6) is 0 Å². The standard InChI is InChI=1S/C7H12FN/c8-6-3-1-5-2-4-7(6)9-5/h5-7,9H,1-4H2/t5-,6+,7-/m0/s1/i3D/t3-,5+,6-,7+/m1. The number of hydrogen-bond donors (Lipinski definition) is 1. The molecule has 2 heterocycles. The lowest BCUT2D eigenvalue weighted by atomic mass is 10.0. The van der Waals surface area contributed by atoms with Crippen molar-refractivity contribution in [3.05, 3.63) is 0 Å². The summed E-state index contributed by atoms with van der Waals surface area (Å²) in [5.74, 6) is 0. The number of piperidine rings is 1. The molecule has 0 amide bonds. The molecule has 2 fully saturated rings. The number of rotatable bonds is 0. The number of hydrogen-bond acceptors (Lipinski definition) is 1. The molecule has 0 saturated carbocycles. The zero-order valence-corrected chi connectivity index (χ0v) is 5.31. The van der Waals surface area contributed by atoms with Gasteiger partial charge in [0.15, 0.2) is 0 Å². The van der Waals surface area contributed by atoms with Gasteiger partial charge in [-0.1, -0.05) is 0 Å². The van der Waals surface area contributed by atoms with Gasteiger partial charge in [-0.05, 0) is 25.7 Å². The van der Waals surface area contributed by atoms with Crippen LogP contribution in [0.25, 0.3) is 0 Å². The van der Waals surface area contributed by atoms with Crippen molar-refractivity contribution in [1.82, 2.24) is 5.32 Å². The van der Waals surface area contributed by atoms with Gasteiger partial charge in [0.05, 0.1) is 0 Å². The van der Waals surface area contributed by atoms with E-state index in [-0.39, 0.29) is 6.04 Å². The molecule has 2 heteroatoms. The maximum atomic E-state index is 13.0. The summed E-state index contributed by atoms with van der Waals surface area (Å²) < 4.78 is 20.4. The highest BCUT2D eigenvalue weighted by molar-refractivity contribution is 4.93. The Kier molecular flexibility index (Phi) is 1.01. The average Bonchev–Trinajstić information content (AvgIpc) is 2.29. The normalized spacial score (nSPS) is 59.4. The Morgan fingerprint density at radius 3 is 3.22 bits per heavy atom. The molecule has 0 spiro atoms. The summed E-state index contributed by atoms with van der Waals surface area (Å²) in [6.45, 7) is 0. The van der Waals surface area contributed by atoms with Gasteiger partial charge in [0.2, 0.25) is 0 Å². The van der Waals surface area contributed by atoms with E-state index in [4.69, 9.17) is 1.37 Å². The van der Waals surface area contributed by atoms with Crippen molar-refractivity contribution in [2.24, 2.45) is 0 Å². The van der Waals surface area contributed by atoms with E-state index in [9.17, 15) is 4.39 Å². The average molecular weight is 130 g/mol. The van der Waals surface area contributed by atoms with E-state index in [2.05, 4.69) is 5.32 Å². The molecule has 4 atom stereocenters. The summed E-state index contributed by atoms with van der Waals surface area (Å²) in [4.78, 5) is 0. The van der Waals surface area contributed by atoms with Crippen LogP contribution in [0.4, 0.5) is 4.39 Å². The third-order valence-corrected chi connectivity index (χ3v) is 2.31. The molecule has 0 aromatic rings. The molecule has 0 radical (unpaired) electrons. The second-order valence-corrected chi connectivity index (χ2v) is 2.96. The fourth-order valence-electron chi connectivity index (χ4n) is 1.75. The predicted octanol–water partition coefficient (Wildman–Crippen LogP) is 1.24. The van der Waals surface area contributed by atoms with E-state index in [0.29, 0.717) is 12.5 Å². The number of alkyl halides is 1. The molecule has 52 valence electrons. The van der Waals surface area contributed by atoms with Crippen molar-refractivity contribution >= 4 is 0 Å². The predicted molar refractivity (Wildman–Crippen MR) is 34.1 cm³/mol. The monoisotopic (exact) mass is 130 g/mol. The molecule has 2 aliphatic heterocycles. The molecule has 2 saturated heterocycles. The highest BCUT2D eigenvalue weighted by Crippen LogP contribution is 2.28. The molecule has 0 aromatic carbocycles. The molecule has 9 heavy (non-hydrogen) atoms. The van der Waals surface area contributed by atoms with Crippen LogP contribution >= 0.6 is 0 Å². The van der Waals surface area contributed by atoms with Crippen molar-refractivity contribution in [3.8, 4) is 0 Å². The topological polar surface area (TPSA) is 12.0 Å². The first kappa shape index (κ1) is 4.67. The second kappa shape index (κ2) is 1.94. The first-order valence-corrected chi connectivity index (χ1v) is 3.60. The molecule has 2 rings (SSSR count). The van der Waals surface area contributed by atoms with Gasteiger partial charge in [-0.15, -0.1) is 0 Å². The molecule has 1 N–H and O–H groups in total. The van der Waals surface area contributed by atoms with Crippen LogP contribution in [0.3, 0.4) is 0 Å². The van der Waals surface area contributed by atoms with Crippen molar-refractivity contribution in [2.45, 2.75) is 43.9 Å². The molecule has 0 aliphatic carbocycles. The Labute approximate surface area is 56.0 Å². The SMILES string of the molecule is [2H][C@@H]1C[C@H]2CC[C@H](N2)[C@@H]1F. The molecule has 1 nitrogen and oxygen atoms in total. The lowest BCUT2D eigenvalue weighted by molar-refractivity contribution is 0.208. The highest BCUT2D eigenvalue weighted by atomic mass is 19.1. The van der Waals surface area contributed by atoms with Gasteiger partial charge in [-0.25, -0.2) is 4.39 Å². The molecule has 2 bridgehead atoms. The summed E-state index contributed by atoms with van der Waals surface area (Å²) in [7, 11) is 0. The van der Waals surface area contributed by atoms with Crippen LogP contribution in [0, 0.1) is 0 Å². The maximum absolute atomic E-state index is 13.0. The van der Waals surface area contributed by atoms with Crippen molar-refractivity contribution in [2.75, 3.05) is 0 Å². The van der Waals surface area contributed by atoms with E-state index in [1.54, 1.807) is 0 Å². The van der Waals surface area contributed by atoms with Gasteiger partial charge < -0.3 is 5.32 Å². The van der Waals surface area contributed by atoms with Gasteiger partial charge in [0.1, 0.15) is 6.17 Å². The summed E-state index contributed by atoms with van der Waals surface area (Å²) in [6.07, 6.45) is 1.33. The molecular weight excluding hydrogens is 117 g/mol. The van der Waals surface area contributed by atoms with Gasteiger partial charge in [0.25, 0.3) is 0 Å². The van der Waals surface area contributed by atoms with Crippen LogP contribution in [0.1, 0.15) is 27.0 Å². The number of fused-ring (bicyclic) bond motifs is 2. The Balaban J connectivity index is 2.09. The zero-order chi connectivity index (χ0) is 7.14. The van der Waals surface area contributed by atoms with Crippen LogP contribution < -0.4 is 5.32 Å². The van der Waals surface area contributed by atoms with Crippen molar-refractivity contribution in [3.63, 3.8) is 0 Å². The Morgan fingerprint density at radius 1 is 1.44 bits per heavy atom. The van der Waals surface area contributed by atoms with Gasteiger partial charge >= 0.3 is 0 Å². The van der Waals surface area contributed by atoms with Gasteiger partial charge in [-0.3, -0.25) is 0 Å². The quantitative estimate of drug-likeness (QED) is 0.520. The lowest BCUT2D eigenvalue weighted by Crippen LogP contribution is -2.41.